The third-order valence-electron chi connectivity index (χ3n) is 3.61. The predicted octanol–water partition coefficient (Wildman–Crippen LogP) is 0.992. The van der Waals surface area contributed by atoms with E-state index in [4.69, 9.17) is 15.4 Å². The Hall–Kier alpha value is -1.05. The van der Waals surface area contributed by atoms with E-state index in [1.54, 1.807) is 0 Å². The Kier molecular flexibility index (Phi) is 3.07. The lowest BCUT2D eigenvalue weighted by atomic mass is 9.95. The van der Waals surface area contributed by atoms with E-state index in [-0.39, 0.29) is 34.7 Å². The fourth-order valence-electron chi connectivity index (χ4n) is 2.68. The van der Waals surface area contributed by atoms with Crippen LogP contribution in [0.25, 0.3) is 0 Å². The van der Waals surface area contributed by atoms with Gasteiger partial charge in [0, 0.05) is 16.9 Å². The van der Waals surface area contributed by atoms with Crippen molar-refractivity contribution >= 4 is 25.6 Å². The Bertz CT molecular complexity index is 612. The van der Waals surface area contributed by atoms with E-state index >= 15 is 0 Å². The van der Waals surface area contributed by atoms with Crippen LogP contribution in [0, 0.1) is 0 Å². The monoisotopic (exact) mass is 304 g/mol. The van der Waals surface area contributed by atoms with Gasteiger partial charge in [0.1, 0.15) is 10.6 Å². The van der Waals surface area contributed by atoms with Gasteiger partial charge in [-0.2, -0.15) is 0 Å². The first-order valence-corrected chi connectivity index (χ1v) is 8.34. The molecule has 2 aliphatic rings. The van der Waals surface area contributed by atoms with Crippen molar-refractivity contribution in [1.29, 1.82) is 0 Å². The third-order valence-corrected chi connectivity index (χ3v) is 4.94. The van der Waals surface area contributed by atoms with Gasteiger partial charge in [0.25, 0.3) is 15.0 Å². The van der Waals surface area contributed by atoms with Gasteiger partial charge in [-0.1, -0.05) is 0 Å². The molecule has 0 spiro atoms. The molecule has 0 aromatic carbocycles. The van der Waals surface area contributed by atoms with Gasteiger partial charge in [-0.15, -0.1) is 0 Å². The van der Waals surface area contributed by atoms with Gasteiger partial charge in [0.2, 0.25) is 0 Å². The predicted molar refractivity (Wildman–Crippen MR) is 67.6 cm³/mol. The number of carbonyl (C=O) groups excluding carboxylic acids is 1. The Morgan fingerprint density at radius 1 is 1.47 bits per heavy atom. The van der Waals surface area contributed by atoms with Crippen LogP contribution in [0.1, 0.15) is 29.8 Å². The molecule has 1 amide bonds. The quantitative estimate of drug-likeness (QED) is 0.815. The van der Waals surface area contributed by atoms with E-state index in [0.29, 0.717) is 0 Å². The van der Waals surface area contributed by atoms with Crippen molar-refractivity contribution in [3.05, 3.63) is 18.0 Å². The van der Waals surface area contributed by atoms with Crippen LogP contribution in [-0.4, -0.2) is 37.6 Å². The zero-order valence-corrected chi connectivity index (χ0v) is 11.5. The topological polar surface area (TPSA) is 88.3 Å². The fourth-order valence-corrected chi connectivity index (χ4v) is 3.41. The van der Waals surface area contributed by atoms with Crippen LogP contribution in [0.15, 0.2) is 17.2 Å². The molecule has 2 aliphatic heterocycles. The molecule has 3 heterocycles. The van der Waals surface area contributed by atoms with Crippen LogP contribution >= 0.6 is 10.7 Å². The minimum absolute atomic E-state index is 0.00519. The number of aromatic amines is 1. The van der Waals surface area contributed by atoms with Crippen LogP contribution in [0.4, 0.5) is 0 Å². The molecule has 8 heteroatoms. The molecule has 3 unspecified atom stereocenters. The Labute approximate surface area is 114 Å². The minimum atomic E-state index is -3.81. The molecule has 2 fully saturated rings. The van der Waals surface area contributed by atoms with E-state index in [9.17, 15) is 13.2 Å². The van der Waals surface area contributed by atoms with Crippen molar-refractivity contribution < 1.29 is 17.9 Å². The molecule has 1 aromatic heterocycles. The number of carbonyl (C=O) groups is 1. The molecule has 0 aliphatic carbocycles. The number of hydrogen-bond donors (Lipinski definition) is 2. The van der Waals surface area contributed by atoms with Gasteiger partial charge in [-0.3, -0.25) is 4.79 Å². The Morgan fingerprint density at radius 2 is 2.26 bits per heavy atom. The summed E-state index contributed by atoms with van der Waals surface area (Å²) in [5.41, 5.74) is 0.182. The molecule has 2 saturated heterocycles. The van der Waals surface area contributed by atoms with E-state index < -0.39 is 9.05 Å². The first-order chi connectivity index (χ1) is 8.93. The second kappa shape index (κ2) is 4.50. The second-order valence-corrected chi connectivity index (χ2v) is 7.44. The lowest BCUT2D eigenvalue weighted by Gasteiger charge is -2.19. The van der Waals surface area contributed by atoms with Crippen LogP contribution in [-0.2, 0) is 13.8 Å². The lowest BCUT2D eigenvalue weighted by Crippen LogP contribution is -2.41. The lowest BCUT2D eigenvalue weighted by molar-refractivity contribution is 0.0838. The van der Waals surface area contributed by atoms with Crippen molar-refractivity contribution in [3.8, 4) is 0 Å². The highest BCUT2D eigenvalue weighted by Crippen LogP contribution is 2.34. The highest BCUT2D eigenvalue weighted by molar-refractivity contribution is 8.13. The number of aromatic nitrogens is 1. The normalized spacial score (nSPS) is 29.6. The highest BCUT2D eigenvalue weighted by Gasteiger charge is 2.41. The van der Waals surface area contributed by atoms with Crippen molar-refractivity contribution in [3.63, 3.8) is 0 Å². The van der Waals surface area contributed by atoms with Crippen molar-refractivity contribution in [2.45, 2.75) is 42.4 Å². The standard InChI is InChI=1S/C11H13ClN2O4S/c12-19(16,17)7-4-9(13-5-7)11(15)14-8-3-6-1-2-10(8)18-6/h4-6,8,10,13H,1-3H2,(H,14,15). The van der Waals surface area contributed by atoms with Crippen molar-refractivity contribution in [2.24, 2.45) is 0 Å². The molecular weight excluding hydrogens is 292 g/mol. The average Bonchev–Trinajstić information content (AvgIpc) is 3.03. The van der Waals surface area contributed by atoms with Crippen molar-refractivity contribution in [2.75, 3.05) is 0 Å². The number of rotatable bonds is 3. The molecule has 3 atom stereocenters. The molecule has 19 heavy (non-hydrogen) atoms. The van der Waals surface area contributed by atoms with Crippen LogP contribution in [0.3, 0.4) is 0 Å². The molecule has 1 aromatic rings. The number of hydrogen-bond acceptors (Lipinski definition) is 4. The van der Waals surface area contributed by atoms with E-state index in [1.807, 2.05) is 0 Å². The van der Waals surface area contributed by atoms with Gasteiger partial charge in [0.15, 0.2) is 0 Å². The zero-order chi connectivity index (χ0) is 13.6. The third kappa shape index (κ3) is 2.50. The summed E-state index contributed by atoms with van der Waals surface area (Å²) in [5.74, 6) is -0.340. The Morgan fingerprint density at radius 3 is 2.79 bits per heavy atom. The number of fused-ring (bicyclic) bond motifs is 2. The maximum absolute atomic E-state index is 12.0. The number of H-pyrrole nitrogens is 1. The highest BCUT2D eigenvalue weighted by atomic mass is 35.7. The largest absolute Gasteiger partial charge is 0.373 e. The summed E-state index contributed by atoms with van der Waals surface area (Å²) < 4.78 is 27.9. The van der Waals surface area contributed by atoms with Gasteiger partial charge in [-0.05, 0) is 25.3 Å². The number of ether oxygens (including phenoxy) is 1. The number of nitrogens with one attached hydrogen (secondary N) is 2. The molecular formula is C11H13ClN2O4S. The molecule has 2 N–H and O–H groups in total. The molecule has 6 nitrogen and oxygen atoms in total. The summed E-state index contributed by atoms with van der Waals surface area (Å²) in [6, 6.07) is 1.23. The smallest absolute Gasteiger partial charge is 0.268 e. The van der Waals surface area contributed by atoms with Gasteiger partial charge in [0.05, 0.1) is 18.2 Å². The summed E-state index contributed by atoms with van der Waals surface area (Å²) in [7, 11) is 1.38. The number of amides is 1. The Balaban J connectivity index is 1.69. The van der Waals surface area contributed by atoms with E-state index in [2.05, 4.69) is 10.3 Å². The maximum Gasteiger partial charge on any atom is 0.268 e. The SMILES string of the molecule is O=C(NC1CC2CCC1O2)c1cc(S(=O)(=O)Cl)c[nH]1. The van der Waals surface area contributed by atoms with E-state index in [1.165, 1.54) is 12.3 Å². The molecule has 0 radical (unpaired) electrons. The van der Waals surface area contributed by atoms with Crippen LogP contribution in [0.5, 0.6) is 0 Å². The first-order valence-electron chi connectivity index (χ1n) is 6.03. The summed E-state index contributed by atoms with van der Waals surface area (Å²) >= 11 is 0. The first kappa shape index (κ1) is 13.0. The average molecular weight is 305 g/mol. The van der Waals surface area contributed by atoms with Gasteiger partial charge >= 0.3 is 0 Å². The van der Waals surface area contributed by atoms with Gasteiger partial charge in [-0.25, -0.2) is 8.42 Å². The second-order valence-electron chi connectivity index (χ2n) is 4.88. The van der Waals surface area contributed by atoms with E-state index in [0.717, 1.165) is 19.3 Å². The van der Waals surface area contributed by atoms with Crippen LogP contribution < -0.4 is 5.32 Å². The van der Waals surface area contributed by atoms with Crippen molar-refractivity contribution in [1.82, 2.24) is 10.3 Å². The van der Waals surface area contributed by atoms with Crippen LogP contribution in [0.2, 0.25) is 0 Å². The maximum atomic E-state index is 12.0. The number of halogens is 1. The molecule has 104 valence electrons. The molecule has 3 rings (SSSR count). The molecule has 2 bridgehead atoms. The molecule has 0 saturated carbocycles. The summed E-state index contributed by atoms with van der Waals surface area (Å²) in [4.78, 5) is 14.5. The minimum Gasteiger partial charge on any atom is -0.373 e. The van der Waals surface area contributed by atoms with Gasteiger partial charge < -0.3 is 15.0 Å². The summed E-state index contributed by atoms with van der Waals surface area (Å²) in [6.45, 7) is 0. The zero-order valence-electron chi connectivity index (χ0n) is 9.93. The summed E-state index contributed by atoms with van der Waals surface area (Å²) in [5, 5.41) is 2.86. The summed E-state index contributed by atoms with van der Waals surface area (Å²) in [6.07, 6.45) is 4.36. The fraction of sp³-hybridized carbons (Fsp3) is 0.545.